The Bertz CT molecular complexity index is 247. The number of methoxy groups -OCH3 is 2. The van der Waals surface area contributed by atoms with Gasteiger partial charge >= 0.3 is 5.97 Å². The van der Waals surface area contributed by atoms with E-state index in [4.69, 9.17) is 4.74 Å². The van der Waals surface area contributed by atoms with E-state index in [1.54, 1.807) is 0 Å². The highest BCUT2D eigenvalue weighted by Crippen LogP contribution is 2.35. The maximum absolute atomic E-state index is 14.2. The fraction of sp³-hybridized carbons (Fsp3) is 0.889. The van der Waals surface area contributed by atoms with Gasteiger partial charge in [0.25, 0.3) is 5.67 Å². The summed E-state index contributed by atoms with van der Waals surface area (Å²) in [4.78, 5) is 11.3. The van der Waals surface area contributed by atoms with Crippen molar-refractivity contribution >= 4 is 5.97 Å². The third kappa shape index (κ3) is 1.97. The molecule has 1 fully saturated rings. The molecule has 4 atom stereocenters. The van der Waals surface area contributed by atoms with Crippen LogP contribution in [0, 0.1) is 0 Å². The van der Waals surface area contributed by atoms with Gasteiger partial charge in [0, 0.05) is 20.0 Å². The van der Waals surface area contributed by atoms with Crippen molar-refractivity contribution in [2.75, 3.05) is 14.2 Å². The second kappa shape index (κ2) is 4.42. The van der Waals surface area contributed by atoms with E-state index in [9.17, 15) is 19.4 Å². The lowest BCUT2D eigenvalue weighted by Crippen LogP contribution is -2.60. The third-order valence-corrected chi connectivity index (χ3v) is 2.72. The molecule has 0 spiro atoms. The first-order chi connectivity index (χ1) is 6.96. The van der Waals surface area contributed by atoms with Gasteiger partial charge in [-0.15, -0.1) is 0 Å². The lowest BCUT2D eigenvalue weighted by atomic mass is 9.79. The van der Waals surface area contributed by atoms with E-state index in [2.05, 4.69) is 4.74 Å². The maximum atomic E-state index is 14.2. The topological polar surface area (TPSA) is 76.0 Å². The summed E-state index contributed by atoms with van der Waals surface area (Å²) in [7, 11) is 2.25. The number of aliphatic hydroxyl groups is 2. The van der Waals surface area contributed by atoms with Crippen LogP contribution in [-0.4, -0.2) is 54.4 Å². The number of carbonyl (C=O) groups is 1. The van der Waals surface area contributed by atoms with Crippen molar-refractivity contribution in [3.05, 3.63) is 0 Å². The Kier molecular flexibility index (Phi) is 3.64. The first-order valence-electron chi connectivity index (χ1n) is 4.63. The fourth-order valence-electron chi connectivity index (χ4n) is 1.85. The van der Waals surface area contributed by atoms with Gasteiger partial charge in [-0.2, -0.15) is 0 Å². The van der Waals surface area contributed by atoms with Gasteiger partial charge < -0.3 is 19.7 Å². The Morgan fingerprint density at radius 1 is 1.40 bits per heavy atom. The van der Waals surface area contributed by atoms with E-state index in [1.807, 2.05) is 0 Å². The molecule has 0 aromatic rings. The highest BCUT2D eigenvalue weighted by Gasteiger charge is 2.57. The Morgan fingerprint density at radius 3 is 2.47 bits per heavy atom. The first-order valence-corrected chi connectivity index (χ1v) is 4.63. The number of hydrogen-bond acceptors (Lipinski definition) is 5. The lowest BCUT2D eigenvalue weighted by molar-refractivity contribution is -0.195. The Balaban J connectivity index is 2.95. The molecular weight excluding hydrogens is 207 g/mol. The lowest BCUT2D eigenvalue weighted by Gasteiger charge is -2.39. The molecule has 6 heteroatoms. The maximum Gasteiger partial charge on any atom is 0.349 e. The molecular formula is C9H15FO5. The summed E-state index contributed by atoms with van der Waals surface area (Å²) in [6.07, 6.45) is -3.93. The minimum absolute atomic E-state index is 0.0425. The summed E-state index contributed by atoms with van der Waals surface area (Å²) in [5, 5.41) is 18.8. The number of esters is 1. The Labute approximate surface area is 86.8 Å². The van der Waals surface area contributed by atoms with Crippen molar-refractivity contribution in [2.45, 2.75) is 36.8 Å². The summed E-state index contributed by atoms with van der Waals surface area (Å²) < 4.78 is 23.3. The van der Waals surface area contributed by atoms with E-state index in [0.717, 1.165) is 7.11 Å². The Morgan fingerprint density at radius 2 is 2.00 bits per heavy atom. The average Bonchev–Trinajstić information content (AvgIpc) is 2.21. The van der Waals surface area contributed by atoms with Crippen molar-refractivity contribution in [3.63, 3.8) is 0 Å². The van der Waals surface area contributed by atoms with Crippen molar-refractivity contribution in [2.24, 2.45) is 0 Å². The van der Waals surface area contributed by atoms with Crippen LogP contribution in [0.25, 0.3) is 0 Å². The van der Waals surface area contributed by atoms with Crippen LogP contribution in [-0.2, 0) is 14.3 Å². The SMILES string of the molecule is COC(=O)[C@]1(F)[C@H](O)C[C@H](O)C[C@@H]1OC. The molecule has 1 saturated carbocycles. The standard InChI is InChI=1S/C9H15FO5/c1-14-7-4-5(11)3-6(12)9(7,10)8(13)15-2/h5-7,11-12H,3-4H2,1-2H3/t5-,6+,7-,9-/m0/s1. The van der Waals surface area contributed by atoms with E-state index >= 15 is 0 Å². The zero-order valence-electron chi connectivity index (χ0n) is 8.64. The number of alkyl halides is 1. The summed E-state index contributed by atoms with van der Waals surface area (Å²) in [6, 6.07) is 0. The van der Waals surface area contributed by atoms with Gasteiger partial charge in [0.1, 0.15) is 12.2 Å². The molecule has 0 aromatic heterocycles. The monoisotopic (exact) mass is 222 g/mol. The normalized spacial score (nSPS) is 41.3. The molecule has 0 saturated heterocycles. The number of rotatable bonds is 2. The predicted molar refractivity (Wildman–Crippen MR) is 47.9 cm³/mol. The highest BCUT2D eigenvalue weighted by molar-refractivity contribution is 5.81. The predicted octanol–water partition coefficient (Wildman–Crippen LogP) is -0.602. The molecule has 0 aromatic carbocycles. The quantitative estimate of drug-likeness (QED) is 0.610. The molecule has 0 unspecified atom stereocenters. The zero-order chi connectivity index (χ0) is 11.6. The van der Waals surface area contributed by atoms with Gasteiger partial charge in [-0.25, -0.2) is 9.18 Å². The molecule has 1 rings (SSSR count). The van der Waals surface area contributed by atoms with Crippen LogP contribution in [0.2, 0.25) is 0 Å². The summed E-state index contributed by atoms with van der Waals surface area (Å²) in [5.74, 6) is -1.17. The first kappa shape index (κ1) is 12.4. The minimum Gasteiger partial charge on any atom is -0.466 e. The van der Waals surface area contributed by atoms with Crippen molar-refractivity contribution < 1.29 is 28.9 Å². The molecule has 0 heterocycles. The number of hydrogen-bond donors (Lipinski definition) is 2. The fourth-order valence-corrected chi connectivity index (χ4v) is 1.85. The van der Waals surface area contributed by atoms with Gasteiger partial charge in [0.2, 0.25) is 0 Å². The molecule has 0 radical (unpaired) electrons. The number of carbonyl (C=O) groups excluding carboxylic acids is 1. The zero-order valence-corrected chi connectivity index (χ0v) is 8.64. The van der Waals surface area contributed by atoms with Crippen molar-refractivity contribution in [3.8, 4) is 0 Å². The third-order valence-electron chi connectivity index (χ3n) is 2.72. The summed E-state index contributed by atoms with van der Waals surface area (Å²) in [6.45, 7) is 0. The van der Waals surface area contributed by atoms with E-state index in [1.165, 1.54) is 7.11 Å². The smallest absolute Gasteiger partial charge is 0.349 e. The van der Waals surface area contributed by atoms with Crippen LogP contribution in [0.15, 0.2) is 0 Å². The van der Waals surface area contributed by atoms with E-state index in [-0.39, 0.29) is 12.8 Å². The summed E-state index contributed by atoms with van der Waals surface area (Å²) >= 11 is 0. The molecule has 1 aliphatic carbocycles. The van der Waals surface area contributed by atoms with Gasteiger partial charge in [-0.3, -0.25) is 0 Å². The van der Waals surface area contributed by atoms with Gasteiger partial charge in [-0.1, -0.05) is 0 Å². The van der Waals surface area contributed by atoms with Crippen LogP contribution in [0.1, 0.15) is 12.8 Å². The minimum atomic E-state index is -2.59. The molecule has 88 valence electrons. The molecule has 0 aliphatic heterocycles. The van der Waals surface area contributed by atoms with Crippen molar-refractivity contribution in [1.29, 1.82) is 0 Å². The number of ether oxygens (including phenoxy) is 2. The van der Waals surface area contributed by atoms with Crippen LogP contribution in [0.4, 0.5) is 4.39 Å². The molecule has 2 N–H and O–H groups in total. The molecule has 1 aliphatic rings. The van der Waals surface area contributed by atoms with Gasteiger partial charge in [0.15, 0.2) is 0 Å². The second-order valence-corrected chi connectivity index (χ2v) is 3.63. The van der Waals surface area contributed by atoms with Gasteiger partial charge in [0.05, 0.1) is 13.2 Å². The molecule has 0 amide bonds. The second-order valence-electron chi connectivity index (χ2n) is 3.63. The summed E-state index contributed by atoms with van der Waals surface area (Å²) in [5.41, 5.74) is -2.59. The van der Waals surface area contributed by atoms with E-state index in [0.29, 0.717) is 0 Å². The molecule has 0 bridgehead atoms. The molecule has 5 nitrogen and oxygen atoms in total. The van der Waals surface area contributed by atoms with Gasteiger partial charge in [-0.05, 0) is 0 Å². The Hall–Kier alpha value is -0.720. The van der Waals surface area contributed by atoms with Crippen LogP contribution in [0.3, 0.4) is 0 Å². The van der Waals surface area contributed by atoms with Crippen LogP contribution in [0.5, 0.6) is 0 Å². The van der Waals surface area contributed by atoms with Crippen LogP contribution < -0.4 is 0 Å². The highest BCUT2D eigenvalue weighted by atomic mass is 19.1. The van der Waals surface area contributed by atoms with Crippen LogP contribution >= 0.6 is 0 Å². The number of halogens is 1. The largest absolute Gasteiger partial charge is 0.466 e. The van der Waals surface area contributed by atoms with Crippen molar-refractivity contribution in [1.82, 2.24) is 0 Å². The average molecular weight is 222 g/mol. The van der Waals surface area contributed by atoms with E-state index < -0.39 is 29.9 Å². The number of aliphatic hydroxyl groups excluding tert-OH is 2. The molecule has 15 heavy (non-hydrogen) atoms.